The Morgan fingerprint density at radius 1 is 1.16 bits per heavy atom. The molecule has 0 saturated carbocycles. The fourth-order valence-electron chi connectivity index (χ4n) is 3.76. The van der Waals surface area contributed by atoms with Crippen LogP contribution in [0.3, 0.4) is 0 Å². The lowest BCUT2D eigenvalue weighted by Gasteiger charge is -2.36. The minimum Gasteiger partial charge on any atom is -0.466 e. The van der Waals surface area contributed by atoms with Crippen LogP contribution in [0.5, 0.6) is 0 Å². The molecular formula is C24H22ClN3O3S. The molecule has 2 heterocycles. The Morgan fingerprint density at radius 3 is 2.59 bits per heavy atom. The van der Waals surface area contributed by atoms with Crippen molar-refractivity contribution in [2.45, 2.75) is 25.9 Å². The van der Waals surface area contributed by atoms with E-state index in [0.29, 0.717) is 28.0 Å². The number of halogens is 1. The lowest BCUT2D eigenvalue weighted by Crippen LogP contribution is -2.38. The zero-order chi connectivity index (χ0) is 22.7. The lowest BCUT2D eigenvalue weighted by atomic mass is 9.94. The van der Waals surface area contributed by atoms with E-state index in [1.54, 1.807) is 13.0 Å². The van der Waals surface area contributed by atoms with Crippen LogP contribution >= 0.6 is 23.4 Å². The zero-order valence-electron chi connectivity index (χ0n) is 17.7. The molecule has 0 radical (unpaired) electrons. The van der Waals surface area contributed by atoms with Gasteiger partial charge in [-0.3, -0.25) is 4.79 Å². The molecule has 8 heteroatoms. The summed E-state index contributed by atoms with van der Waals surface area (Å²) in [6.07, 6.45) is 0.146. The standard InChI is InChI=1S/C24H22ClN3O3S/c1-15-21(23(30)31-2)22(18-10-6-7-11-19(18)25)28-17(14-32-24(28)27-15)12-20(29)26-13-16-8-4-3-5-9-16/h3-11,14,22H,12-13H2,1-2H3,(H,26,29). The maximum absolute atomic E-state index is 12.7. The van der Waals surface area contributed by atoms with Crippen molar-refractivity contribution in [3.05, 3.63) is 93.1 Å². The molecule has 2 aromatic rings. The van der Waals surface area contributed by atoms with Crippen molar-refractivity contribution in [2.24, 2.45) is 4.99 Å². The number of allylic oxidation sites excluding steroid dienone is 1. The van der Waals surface area contributed by atoms with Gasteiger partial charge in [-0.25, -0.2) is 9.79 Å². The van der Waals surface area contributed by atoms with Gasteiger partial charge in [-0.1, -0.05) is 71.9 Å². The lowest BCUT2D eigenvalue weighted by molar-refractivity contribution is -0.136. The topological polar surface area (TPSA) is 71.0 Å². The molecule has 0 saturated heterocycles. The number of rotatable bonds is 6. The first-order chi connectivity index (χ1) is 15.5. The number of benzene rings is 2. The van der Waals surface area contributed by atoms with E-state index < -0.39 is 12.0 Å². The third kappa shape index (κ3) is 4.45. The van der Waals surface area contributed by atoms with Gasteiger partial charge in [0, 0.05) is 17.3 Å². The molecule has 0 spiro atoms. The summed E-state index contributed by atoms with van der Waals surface area (Å²) in [5.74, 6) is -0.592. The molecule has 6 nitrogen and oxygen atoms in total. The second-order valence-electron chi connectivity index (χ2n) is 7.35. The van der Waals surface area contributed by atoms with Crippen LogP contribution in [0.15, 0.2) is 82.0 Å². The SMILES string of the molecule is COC(=O)C1=C(C)N=C2SC=C(CC(=O)NCc3ccccc3)N2C1c1ccccc1Cl. The van der Waals surface area contributed by atoms with E-state index in [0.717, 1.165) is 16.8 Å². The van der Waals surface area contributed by atoms with Gasteiger partial charge in [0.1, 0.15) is 0 Å². The summed E-state index contributed by atoms with van der Waals surface area (Å²) in [5, 5.41) is 6.08. The zero-order valence-corrected chi connectivity index (χ0v) is 19.2. The van der Waals surface area contributed by atoms with E-state index in [-0.39, 0.29) is 12.3 Å². The number of hydrogen-bond acceptors (Lipinski definition) is 6. The van der Waals surface area contributed by atoms with Crippen LogP contribution in [0, 0.1) is 0 Å². The first-order valence-corrected chi connectivity index (χ1v) is 11.3. The van der Waals surface area contributed by atoms with E-state index >= 15 is 0 Å². The van der Waals surface area contributed by atoms with E-state index in [2.05, 4.69) is 10.3 Å². The number of thioether (sulfide) groups is 1. The third-order valence-corrected chi connectivity index (χ3v) is 6.51. The van der Waals surface area contributed by atoms with Gasteiger partial charge in [-0.15, -0.1) is 0 Å². The predicted octanol–water partition coefficient (Wildman–Crippen LogP) is 4.79. The van der Waals surface area contributed by atoms with Crippen molar-refractivity contribution in [3.8, 4) is 0 Å². The summed E-state index contributed by atoms with van der Waals surface area (Å²) in [7, 11) is 1.35. The van der Waals surface area contributed by atoms with Crippen molar-refractivity contribution in [1.82, 2.24) is 10.2 Å². The largest absolute Gasteiger partial charge is 0.466 e. The number of carbonyl (C=O) groups is 2. The molecule has 0 aromatic heterocycles. The molecule has 32 heavy (non-hydrogen) atoms. The van der Waals surface area contributed by atoms with Gasteiger partial charge in [-0.05, 0) is 29.5 Å². The number of nitrogens with one attached hydrogen (secondary N) is 1. The summed E-state index contributed by atoms with van der Waals surface area (Å²) in [6, 6.07) is 16.6. The van der Waals surface area contributed by atoms with Crippen LogP contribution in [-0.2, 0) is 20.9 Å². The molecule has 0 aliphatic carbocycles. The molecule has 2 aliphatic rings. The van der Waals surface area contributed by atoms with Crippen LogP contribution in [0.1, 0.15) is 30.5 Å². The van der Waals surface area contributed by atoms with Gasteiger partial charge in [0.2, 0.25) is 5.91 Å². The van der Waals surface area contributed by atoms with E-state index in [4.69, 9.17) is 16.3 Å². The summed E-state index contributed by atoms with van der Waals surface area (Å²) in [6.45, 7) is 2.23. The molecule has 2 aliphatic heterocycles. The van der Waals surface area contributed by atoms with Crippen LogP contribution in [0.4, 0.5) is 0 Å². The summed E-state index contributed by atoms with van der Waals surface area (Å²) in [5.41, 5.74) is 3.50. The van der Waals surface area contributed by atoms with Gasteiger partial charge in [0.25, 0.3) is 0 Å². The van der Waals surface area contributed by atoms with Crippen LogP contribution in [0.2, 0.25) is 5.02 Å². The highest BCUT2D eigenvalue weighted by Gasteiger charge is 2.41. The van der Waals surface area contributed by atoms with E-state index in [9.17, 15) is 9.59 Å². The fourth-order valence-corrected chi connectivity index (χ4v) is 4.96. The van der Waals surface area contributed by atoms with Gasteiger partial charge in [-0.2, -0.15) is 0 Å². The number of carbonyl (C=O) groups excluding carboxylic acids is 2. The number of aliphatic imine (C=N–C) groups is 1. The van der Waals surface area contributed by atoms with Gasteiger partial charge < -0.3 is 15.0 Å². The van der Waals surface area contributed by atoms with Crippen LogP contribution in [-0.4, -0.2) is 29.1 Å². The number of methoxy groups -OCH3 is 1. The second-order valence-corrected chi connectivity index (χ2v) is 8.59. The molecule has 164 valence electrons. The quantitative estimate of drug-likeness (QED) is 0.618. The Morgan fingerprint density at radius 2 is 1.88 bits per heavy atom. The molecule has 2 aromatic carbocycles. The van der Waals surface area contributed by atoms with E-state index in [1.807, 2.05) is 58.8 Å². The minimum atomic E-state index is -0.535. The second kappa shape index (κ2) is 9.63. The molecule has 0 bridgehead atoms. The van der Waals surface area contributed by atoms with Crippen molar-refractivity contribution < 1.29 is 14.3 Å². The summed E-state index contributed by atoms with van der Waals surface area (Å²) in [4.78, 5) is 32.0. The smallest absolute Gasteiger partial charge is 0.338 e. The maximum Gasteiger partial charge on any atom is 0.338 e. The van der Waals surface area contributed by atoms with Gasteiger partial charge >= 0.3 is 5.97 Å². The highest BCUT2D eigenvalue weighted by Crippen LogP contribution is 2.46. The number of amides is 1. The molecule has 1 N–H and O–H groups in total. The van der Waals surface area contributed by atoms with Crippen LogP contribution < -0.4 is 5.32 Å². The van der Waals surface area contributed by atoms with Crippen molar-refractivity contribution in [3.63, 3.8) is 0 Å². The molecular weight excluding hydrogens is 446 g/mol. The first-order valence-electron chi connectivity index (χ1n) is 10.1. The number of ether oxygens (including phenoxy) is 1. The highest BCUT2D eigenvalue weighted by atomic mass is 35.5. The fraction of sp³-hybridized carbons (Fsp3) is 0.208. The molecule has 1 unspecified atom stereocenters. The number of nitrogens with zero attached hydrogens (tertiary/aromatic N) is 2. The monoisotopic (exact) mass is 467 g/mol. The Kier molecular flexibility index (Phi) is 6.67. The van der Waals surface area contributed by atoms with E-state index in [1.165, 1.54) is 18.9 Å². The number of esters is 1. The van der Waals surface area contributed by atoms with Crippen molar-refractivity contribution in [1.29, 1.82) is 0 Å². The predicted molar refractivity (Wildman–Crippen MR) is 127 cm³/mol. The Bertz CT molecular complexity index is 1140. The summed E-state index contributed by atoms with van der Waals surface area (Å²) >= 11 is 7.96. The molecule has 0 fully saturated rings. The number of amidine groups is 1. The van der Waals surface area contributed by atoms with Gasteiger partial charge in [0.15, 0.2) is 5.17 Å². The van der Waals surface area contributed by atoms with Crippen molar-refractivity contribution >= 4 is 40.4 Å². The Balaban J connectivity index is 1.62. The molecule has 4 rings (SSSR count). The van der Waals surface area contributed by atoms with Gasteiger partial charge in [0.05, 0.1) is 30.8 Å². The number of fused-ring (bicyclic) bond motifs is 1. The highest BCUT2D eigenvalue weighted by molar-refractivity contribution is 8.16. The van der Waals surface area contributed by atoms with Crippen molar-refractivity contribution in [2.75, 3.05) is 7.11 Å². The average molecular weight is 468 g/mol. The average Bonchev–Trinajstić information content (AvgIpc) is 3.19. The molecule has 1 atom stereocenters. The van der Waals surface area contributed by atoms with Crippen LogP contribution in [0.25, 0.3) is 0 Å². The third-order valence-electron chi connectivity index (χ3n) is 5.28. The number of hydrogen-bond donors (Lipinski definition) is 1. The molecule has 1 amide bonds. The normalized spacial score (nSPS) is 17.5. The maximum atomic E-state index is 12.7. The first kappa shape index (κ1) is 22.2. The minimum absolute atomic E-state index is 0.120. The Hall–Kier alpha value is -3.03. The summed E-state index contributed by atoms with van der Waals surface area (Å²) < 4.78 is 5.06. The Labute approximate surface area is 196 Å².